The van der Waals surface area contributed by atoms with Gasteiger partial charge >= 0.3 is 0 Å². The van der Waals surface area contributed by atoms with E-state index in [1.165, 1.54) is 44.1 Å². The molecule has 0 radical (unpaired) electrons. The minimum Gasteiger partial charge on any atom is -0.348 e. The Labute approximate surface area is 173 Å². The standard InChI is InChI=1S/C21H28O2S2.C2H6/c1-2-4-16(5-3-1)21(22-12-14-6-8-17-19(10-14)24-17)23-13-15-7-9-18-20(11-15)25-18;1-2/h1-5,14-15,17-21H,6-13H2;1-2H3. The minimum absolute atomic E-state index is 0.185. The Hall–Kier alpha value is -0.160. The van der Waals surface area contributed by atoms with Crippen molar-refractivity contribution >= 4 is 23.5 Å². The number of ether oxygens (including phenoxy) is 2. The predicted molar refractivity (Wildman–Crippen MR) is 117 cm³/mol. The molecule has 2 nitrogen and oxygen atoms in total. The van der Waals surface area contributed by atoms with Crippen molar-refractivity contribution in [3.8, 4) is 0 Å². The normalized spacial score (nSPS) is 37.3. The van der Waals surface area contributed by atoms with Crippen molar-refractivity contribution in [2.24, 2.45) is 11.8 Å². The van der Waals surface area contributed by atoms with Crippen LogP contribution in [0.25, 0.3) is 0 Å². The molecular formula is C23H34O2S2. The van der Waals surface area contributed by atoms with Gasteiger partial charge < -0.3 is 9.47 Å². The van der Waals surface area contributed by atoms with E-state index in [2.05, 4.69) is 53.9 Å². The van der Waals surface area contributed by atoms with Crippen LogP contribution in [0.5, 0.6) is 0 Å². The van der Waals surface area contributed by atoms with Gasteiger partial charge in [0, 0.05) is 26.6 Å². The highest BCUT2D eigenvalue weighted by Gasteiger charge is 2.44. The number of fused-ring (bicyclic) bond motifs is 2. The van der Waals surface area contributed by atoms with Crippen LogP contribution in [0.2, 0.25) is 0 Å². The van der Waals surface area contributed by atoms with E-state index in [4.69, 9.17) is 9.47 Å². The molecule has 4 fully saturated rings. The summed E-state index contributed by atoms with van der Waals surface area (Å²) in [5.74, 6) is 1.45. The molecule has 0 aromatic heterocycles. The fraction of sp³-hybridized carbons (Fsp3) is 0.739. The van der Waals surface area contributed by atoms with E-state index >= 15 is 0 Å². The molecule has 2 aliphatic heterocycles. The van der Waals surface area contributed by atoms with Crippen molar-refractivity contribution in [2.75, 3.05) is 13.2 Å². The van der Waals surface area contributed by atoms with Crippen molar-refractivity contribution < 1.29 is 9.47 Å². The summed E-state index contributed by atoms with van der Waals surface area (Å²) in [5.41, 5.74) is 1.17. The number of hydrogen-bond acceptors (Lipinski definition) is 4. The second-order valence-corrected chi connectivity index (χ2v) is 11.2. The second kappa shape index (κ2) is 9.56. The summed E-state index contributed by atoms with van der Waals surface area (Å²) in [5, 5.41) is 3.83. The molecule has 2 heterocycles. The zero-order chi connectivity index (χ0) is 18.6. The van der Waals surface area contributed by atoms with Gasteiger partial charge in [-0.2, -0.15) is 23.5 Å². The first-order valence-corrected chi connectivity index (χ1v) is 12.8. The Bertz CT molecular complexity index is 549. The van der Waals surface area contributed by atoms with E-state index in [1.54, 1.807) is 0 Å². The lowest BCUT2D eigenvalue weighted by molar-refractivity contribution is -0.164. The zero-order valence-corrected chi connectivity index (χ0v) is 18.4. The first-order chi connectivity index (χ1) is 13.3. The van der Waals surface area contributed by atoms with Crippen LogP contribution in [0.4, 0.5) is 0 Å². The van der Waals surface area contributed by atoms with E-state index in [9.17, 15) is 0 Å². The molecule has 27 heavy (non-hydrogen) atoms. The first kappa shape index (κ1) is 20.1. The van der Waals surface area contributed by atoms with Gasteiger partial charge in [-0.3, -0.25) is 0 Å². The maximum Gasteiger partial charge on any atom is 0.183 e. The van der Waals surface area contributed by atoms with Crippen LogP contribution < -0.4 is 0 Å². The highest BCUT2D eigenvalue weighted by Crippen LogP contribution is 2.53. The number of hydrogen-bond donors (Lipinski definition) is 0. The third kappa shape index (κ3) is 5.46. The summed E-state index contributed by atoms with van der Waals surface area (Å²) in [6.07, 6.45) is 7.96. The summed E-state index contributed by atoms with van der Waals surface area (Å²) in [4.78, 5) is 0. The molecule has 6 atom stereocenters. The fourth-order valence-electron chi connectivity index (χ4n) is 4.57. The van der Waals surface area contributed by atoms with Crippen LogP contribution in [0.15, 0.2) is 30.3 Å². The molecular weight excluding hydrogens is 372 g/mol. The van der Waals surface area contributed by atoms with Crippen LogP contribution in [0.3, 0.4) is 0 Å². The molecule has 2 saturated carbocycles. The fourth-order valence-corrected chi connectivity index (χ4v) is 7.10. The monoisotopic (exact) mass is 406 g/mol. The lowest BCUT2D eigenvalue weighted by Gasteiger charge is -2.27. The van der Waals surface area contributed by atoms with Crippen molar-refractivity contribution in [1.29, 1.82) is 0 Å². The summed E-state index contributed by atoms with van der Waals surface area (Å²) in [6.45, 7) is 5.71. The van der Waals surface area contributed by atoms with Crippen molar-refractivity contribution in [3.63, 3.8) is 0 Å². The lowest BCUT2D eigenvalue weighted by Crippen LogP contribution is -2.23. The summed E-state index contributed by atoms with van der Waals surface area (Å²) in [7, 11) is 0. The molecule has 0 spiro atoms. The highest BCUT2D eigenvalue weighted by molar-refractivity contribution is 8.07. The summed E-state index contributed by atoms with van der Waals surface area (Å²) in [6, 6.07) is 10.5. The van der Waals surface area contributed by atoms with Gasteiger partial charge in [0.1, 0.15) is 0 Å². The average Bonchev–Trinajstić information content (AvgIpc) is 3.64. The van der Waals surface area contributed by atoms with Crippen molar-refractivity contribution in [2.45, 2.75) is 79.7 Å². The van der Waals surface area contributed by atoms with Crippen LogP contribution in [-0.4, -0.2) is 34.2 Å². The predicted octanol–water partition coefficient (Wildman–Crippen LogP) is 6.31. The zero-order valence-electron chi connectivity index (χ0n) is 16.7. The molecule has 5 rings (SSSR count). The smallest absolute Gasteiger partial charge is 0.183 e. The maximum atomic E-state index is 6.33. The molecule has 2 saturated heterocycles. The van der Waals surface area contributed by atoms with E-state index in [-0.39, 0.29) is 6.29 Å². The van der Waals surface area contributed by atoms with Gasteiger partial charge in [0.25, 0.3) is 0 Å². The molecule has 0 bridgehead atoms. The Balaban J connectivity index is 0.000000872. The van der Waals surface area contributed by atoms with Gasteiger partial charge in [0.2, 0.25) is 0 Å². The van der Waals surface area contributed by atoms with E-state index in [1.807, 2.05) is 13.8 Å². The molecule has 1 aromatic carbocycles. The summed E-state index contributed by atoms with van der Waals surface area (Å²) < 4.78 is 12.7. The SMILES string of the molecule is CC.c1ccc(C(OCC2CCC3SC3C2)OCC2CCC3SC3C2)cc1. The van der Waals surface area contributed by atoms with Crippen LogP contribution in [0.1, 0.15) is 64.2 Å². The van der Waals surface area contributed by atoms with Gasteiger partial charge in [-0.25, -0.2) is 0 Å². The molecule has 1 aromatic rings. The van der Waals surface area contributed by atoms with Crippen molar-refractivity contribution in [3.05, 3.63) is 35.9 Å². The lowest BCUT2D eigenvalue weighted by atomic mass is 9.90. The van der Waals surface area contributed by atoms with Gasteiger partial charge in [-0.1, -0.05) is 44.2 Å². The van der Waals surface area contributed by atoms with Gasteiger partial charge in [0.15, 0.2) is 6.29 Å². The highest BCUT2D eigenvalue weighted by atomic mass is 32.2. The molecule has 4 aliphatic rings. The van der Waals surface area contributed by atoms with Crippen LogP contribution in [-0.2, 0) is 9.47 Å². The topological polar surface area (TPSA) is 18.5 Å². The molecule has 0 N–H and O–H groups in total. The molecule has 150 valence electrons. The third-order valence-corrected chi connectivity index (χ3v) is 9.20. The third-order valence-electron chi connectivity index (χ3n) is 6.26. The van der Waals surface area contributed by atoms with Gasteiger partial charge in [0.05, 0.1) is 13.2 Å². The van der Waals surface area contributed by atoms with Gasteiger partial charge in [-0.05, 0) is 50.4 Å². The molecule has 6 unspecified atom stereocenters. The summed E-state index contributed by atoms with van der Waals surface area (Å²) >= 11 is 4.36. The number of rotatable bonds is 7. The molecule has 2 aliphatic carbocycles. The van der Waals surface area contributed by atoms with Crippen LogP contribution in [0, 0.1) is 11.8 Å². The first-order valence-electron chi connectivity index (χ1n) is 10.9. The van der Waals surface area contributed by atoms with E-state index in [0.29, 0.717) is 0 Å². The molecule has 4 heteroatoms. The number of benzene rings is 1. The Morgan fingerprint density at radius 2 is 1.30 bits per heavy atom. The molecule has 0 amide bonds. The van der Waals surface area contributed by atoms with Gasteiger partial charge in [-0.15, -0.1) is 0 Å². The number of thioether (sulfide) groups is 2. The minimum atomic E-state index is -0.185. The Kier molecular flexibility index (Phi) is 7.13. The van der Waals surface area contributed by atoms with E-state index < -0.39 is 0 Å². The second-order valence-electron chi connectivity index (χ2n) is 8.19. The van der Waals surface area contributed by atoms with Crippen molar-refractivity contribution in [1.82, 2.24) is 0 Å². The largest absolute Gasteiger partial charge is 0.348 e. The average molecular weight is 407 g/mol. The van der Waals surface area contributed by atoms with Crippen LogP contribution >= 0.6 is 23.5 Å². The Morgan fingerprint density at radius 3 is 1.78 bits per heavy atom. The maximum absolute atomic E-state index is 6.33. The van der Waals surface area contributed by atoms with E-state index in [0.717, 1.165) is 46.0 Å². The Morgan fingerprint density at radius 1 is 0.778 bits per heavy atom. The quantitative estimate of drug-likeness (QED) is 0.390.